The number of anilines is 5. The molecule has 4 heterocycles. The normalized spacial score (nSPS) is 16.0. The van der Waals surface area contributed by atoms with E-state index < -0.39 is 0 Å². The number of thiophene rings is 2. The summed E-state index contributed by atoms with van der Waals surface area (Å²) in [7, 11) is 0. The molecule has 2 aromatic heterocycles. The SMILES string of the molecule is C/C=C\c1sc2c(-c3cc4c5c(c3)N(c3ccc(C(C)(C)C)cc3)c3ccc(C(C)(C)C)cc3B5c3sc5cc6c(cc5c3N4C3=CC=C(C(C)(C)C)C=CC3)-c3ccccc3C6(C)C)cccc2c1C. The van der Waals surface area contributed by atoms with Crippen LogP contribution >= 0.6 is 22.7 Å². The zero-order valence-electron chi connectivity index (χ0n) is 43.9. The van der Waals surface area contributed by atoms with Crippen LogP contribution in [0.2, 0.25) is 0 Å². The summed E-state index contributed by atoms with van der Waals surface area (Å²) in [4.78, 5) is 6.66. The van der Waals surface area contributed by atoms with Gasteiger partial charge >= 0.3 is 0 Å². The van der Waals surface area contributed by atoms with Crippen LogP contribution in [0.5, 0.6) is 0 Å². The molecule has 2 aliphatic heterocycles. The van der Waals surface area contributed by atoms with Gasteiger partial charge in [0.05, 0.1) is 5.69 Å². The third-order valence-corrected chi connectivity index (χ3v) is 18.6. The van der Waals surface area contributed by atoms with E-state index in [1.807, 2.05) is 22.7 Å². The lowest BCUT2D eigenvalue weighted by Crippen LogP contribution is -2.61. The third-order valence-electron chi connectivity index (χ3n) is 16.1. The quantitative estimate of drug-likeness (QED) is 0.162. The van der Waals surface area contributed by atoms with Gasteiger partial charge in [0.15, 0.2) is 0 Å². The summed E-state index contributed by atoms with van der Waals surface area (Å²) >= 11 is 3.95. The molecule has 0 spiro atoms. The van der Waals surface area contributed by atoms with Gasteiger partial charge in [-0.25, -0.2) is 0 Å². The fourth-order valence-electron chi connectivity index (χ4n) is 12.1. The summed E-state index contributed by atoms with van der Waals surface area (Å²) in [5.41, 5.74) is 23.7. The Kier molecular flexibility index (Phi) is 10.3. The van der Waals surface area contributed by atoms with E-state index in [2.05, 4.69) is 245 Å². The van der Waals surface area contributed by atoms with Crippen molar-refractivity contribution in [3.05, 3.63) is 184 Å². The highest BCUT2D eigenvalue weighted by Gasteiger charge is 2.47. The number of fused-ring (bicyclic) bond motifs is 10. The average molecular weight is 961 g/mol. The Hall–Kier alpha value is -6.14. The van der Waals surface area contributed by atoms with Crippen LogP contribution in [-0.4, -0.2) is 6.71 Å². The van der Waals surface area contributed by atoms with Crippen LogP contribution in [0.3, 0.4) is 0 Å². The molecule has 5 heteroatoms. The lowest BCUT2D eigenvalue weighted by molar-refractivity contribution is 0.517. The van der Waals surface area contributed by atoms with Crippen LogP contribution < -0.4 is 25.5 Å². The molecule has 354 valence electrons. The highest BCUT2D eigenvalue weighted by molar-refractivity contribution is 7.33. The molecule has 8 aromatic rings. The molecule has 2 nitrogen and oxygen atoms in total. The molecule has 12 rings (SSSR count). The molecular formula is C66H65BN2S2. The van der Waals surface area contributed by atoms with Gasteiger partial charge in [0.2, 0.25) is 0 Å². The van der Waals surface area contributed by atoms with Crippen molar-refractivity contribution in [1.82, 2.24) is 0 Å². The molecule has 0 atom stereocenters. The first-order chi connectivity index (χ1) is 33.7. The summed E-state index contributed by atoms with van der Waals surface area (Å²) in [6.07, 6.45) is 14.9. The van der Waals surface area contributed by atoms with Crippen molar-refractivity contribution in [2.75, 3.05) is 9.80 Å². The second-order valence-electron chi connectivity index (χ2n) is 24.1. The third kappa shape index (κ3) is 7.08. The summed E-state index contributed by atoms with van der Waals surface area (Å²) in [5, 5.41) is 2.67. The lowest BCUT2D eigenvalue weighted by Gasteiger charge is -2.44. The molecular weight excluding hydrogens is 896 g/mol. The summed E-state index contributed by atoms with van der Waals surface area (Å²) in [6.45, 7) is 30.3. The molecule has 2 aliphatic carbocycles. The molecule has 0 bridgehead atoms. The fourth-order valence-corrected chi connectivity index (χ4v) is 14.7. The Balaban J connectivity index is 1.23. The zero-order valence-corrected chi connectivity index (χ0v) is 45.5. The van der Waals surface area contributed by atoms with Gasteiger partial charge < -0.3 is 9.80 Å². The van der Waals surface area contributed by atoms with Gasteiger partial charge in [0, 0.05) is 64.7 Å². The van der Waals surface area contributed by atoms with Crippen LogP contribution in [0.4, 0.5) is 28.4 Å². The Labute approximate surface area is 430 Å². The van der Waals surface area contributed by atoms with E-state index in [9.17, 15) is 0 Å². The molecule has 0 unspecified atom stereocenters. The van der Waals surface area contributed by atoms with E-state index in [0.29, 0.717) is 0 Å². The van der Waals surface area contributed by atoms with Crippen molar-refractivity contribution in [2.45, 2.75) is 113 Å². The van der Waals surface area contributed by atoms with Crippen LogP contribution in [0.15, 0.2) is 151 Å². The van der Waals surface area contributed by atoms with Crippen molar-refractivity contribution in [3.8, 4) is 22.3 Å². The van der Waals surface area contributed by atoms with Crippen LogP contribution in [0.1, 0.15) is 122 Å². The van der Waals surface area contributed by atoms with Gasteiger partial charge in [-0.2, -0.15) is 0 Å². The van der Waals surface area contributed by atoms with E-state index in [4.69, 9.17) is 0 Å². The summed E-state index contributed by atoms with van der Waals surface area (Å²) in [6, 6.07) is 43.2. The highest BCUT2D eigenvalue weighted by Crippen LogP contribution is 2.54. The Morgan fingerprint density at radius 3 is 2.06 bits per heavy atom. The van der Waals surface area contributed by atoms with Crippen LogP contribution in [0.25, 0.3) is 48.5 Å². The monoisotopic (exact) mass is 960 g/mol. The number of benzene rings is 6. The van der Waals surface area contributed by atoms with Gasteiger partial charge in [0.25, 0.3) is 6.71 Å². The van der Waals surface area contributed by atoms with E-state index in [0.717, 1.165) is 6.42 Å². The molecule has 71 heavy (non-hydrogen) atoms. The van der Waals surface area contributed by atoms with Gasteiger partial charge in [-0.05, 0) is 157 Å². The van der Waals surface area contributed by atoms with E-state index in [-0.39, 0.29) is 28.4 Å². The minimum absolute atomic E-state index is 0.0103. The first-order valence-corrected chi connectivity index (χ1v) is 27.3. The van der Waals surface area contributed by atoms with Crippen LogP contribution in [-0.2, 0) is 16.2 Å². The Morgan fingerprint density at radius 1 is 0.634 bits per heavy atom. The Bertz CT molecular complexity index is 3680. The van der Waals surface area contributed by atoms with Gasteiger partial charge in [-0.3, -0.25) is 0 Å². The first kappa shape index (κ1) is 46.0. The van der Waals surface area contributed by atoms with Gasteiger partial charge in [-0.15, -0.1) is 22.7 Å². The van der Waals surface area contributed by atoms with Crippen molar-refractivity contribution >= 4 is 99.8 Å². The van der Waals surface area contributed by atoms with Crippen molar-refractivity contribution < 1.29 is 0 Å². The number of allylic oxidation sites excluding steroid dienone is 6. The highest BCUT2D eigenvalue weighted by atomic mass is 32.1. The Morgan fingerprint density at radius 2 is 1.34 bits per heavy atom. The van der Waals surface area contributed by atoms with E-state index in [1.54, 1.807) is 0 Å². The maximum Gasteiger partial charge on any atom is 0.264 e. The summed E-state index contributed by atoms with van der Waals surface area (Å²) < 4.78 is 4.12. The maximum atomic E-state index is 2.72. The number of nitrogens with zero attached hydrogens (tertiary/aromatic N) is 2. The standard InChI is InChI=1S/C66H65BN2S2/c1-14-19-57-39(2)46-23-18-24-47(61(46)70-57)40-34-55-59-56(35-40)69(44-21-17-20-41(26-30-44)63(3,4)5)60-50-37-49-48-22-15-16-25-51(48)66(12,13)52(49)38-58(50)71-62(60)67(59)53-36-43(65(9,10)11)29-33-54(53)68(55)45-31-27-42(28-32-45)64(6,7)8/h14-20,22-38H,21H2,1-13H3/b19-14-. The maximum absolute atomic E-state index is 2.72. The predicted octanol–water partition coefficient (Wildman–Crippen LogP) is 17.6. The smallest absolute Gasteiger partial charge is 0.264 e. The molecule has 0 amide bonds. The second kappa shape index (κ2) is 15.9. The minimum Gasteiger partial charge on any atom is -0.313 e. The second-order valence-corrected chi connectivity index (χ2v) is 26.3. The number of hydrogen-bond donors (Lipinski definition) is 0. The fraction of sp³-hybridized carbons (Fsp3) is 0.273. The summed E-state index contributed by atoms with van der Waals surface area (Å²) in [5.74, 6) is 0. The zero-order chi connectivity index (χ0) is 49.7. The van der Waals surface area contributed by atoms with Crippen LogP contribution in [0, 0.1) is 12.3 Å². The molecule has 0 N–H and O–H groups in total. The largest absolute Gasteiger partial charge is 0.313 e. The van der Waals surface area contributed by atoms with Gasteiger partial charge in [-0.1, -0.05) is 167 Å². The topological polar surface area (TPSA) is 6.48 Å². The van der Waals surface area contributed by atoms with Crippen molar-refractivity contribution in [2.24, 2.45) is 5.41 Å². The van der Waals surface area contributed by atoms with Gasteiger partial charge in [0.1, 0.15) is 0 Å². The number of aryl methyl sites for hydroxylation is 1. The lowest BCUT2D eigenvalue weighted by atomic mass is 9.36. The van der Waals surface area contributed by atoms with Crippen molar-refractivity contribution in [3.63, 3.8) is 0 Å². The minimum atomic E-state index is -0.103. The molecule has 4 aliphatic rings. The first-order valence-electron chi connectivity index (χ1n) is 25.7. The predicted molar refractivity (Wildman–Crippen MR) is 314 cm³/mol. The molecule has 0 fully saturated rings. The molecule has 6 aromatic carbocycles. The molecule has 0 saturated carbocycles. The molecule has 0 radical (unpaired) electrons. The van der Waals surface area contributed by atoms with E-state index >= 15 is 0 Å². The van der Waals surface area contributed by atoms with Crippen molar-refractivity contribution in [1.29, 1.82) is 0 Å². The average Bonchev–Trinajstić information content (AvgIpc) is 3.83. The van der Waals surface area contributed by atoms with E-state index in [1.165, 1.54) is 131 Å². The number of hydrogen-bond acceptors (Lipinski definition) is 4. The number of rotatable bonds is 4. The molecule has 0 saturated heterocycles.